The van der Waals surface area contributed by atoms with Crippen molar-refractivity contribution in [3.05, 3.63) is 17.0 Å². The Balaban J connectivity index is 1.60. The fourth-order valence-corrected chi connectivity index (χ4v) is 6.07. The number of fused-ring (bicyclic) bond motifs is 1. The Kier molecular flexibility index (Phi) is 2.08. The number of hydrogen-bond donors (Lipinski definition) is 1. The van der Waals surface area contributed by atoms with Crippen molar-refractivity contribution >= 4 is 0 Å². The molecule has 0 amide bonds. The number of nitrogens with one attached hydrogen (secondary N) is 1. The van der Waals surface area contributed by atoms with Crippen LogP contribution in [0.25, 0.3) is 0 Å². The second kappa shape index (κ2) is 3.63. The summed E-state index contributed by atoms with van der Waals surface area (Å²) in [7, 11) is 2.18. The van der Waals surface area contributed by atoms with Gasteiger partial charge in [-0.05, 0) is 55.8 Å². The van der Waals surface area contributed by atoms with Crippen LogP contribution >= 0.6 is 0 Å². The lowest BCUT2D eigenvalue weighted by molar-refractivity contribution is -0.00563. The standard InChI is InChI=1S/C16H23N3/c1-19-16(13-7-17-8-14(13)18-19)15-11-3-9-2-10(5-11)6-12(15)4-9/h9-12,15,17H,2-8H2,1H3. The van der Waals surface area contributed by atoms with Crippen molar-refractivity contribution in [2.24, 2.45) is 30.7 Å². The Morgan fingerprint density at radius 1 is 1.00 bits per heavy atom. The molecular formula is C16H23N3. The van der Waals surface area contributed by atoms with E-state index in [0.717, 1.165) is 42.7 Å². The van der Waals surface area contributed by atoms with Crippen LogP contribution in [0.15, 0.2) is 0 Å². The van der Waals surface area contributed by atoms with Crippen molar-refractivity contribution in [1.82, 2.24) is 15.1 Å². The summed E-state index contributed by atoms with van der Waals surface area (Å²) in [5.41, 5.74) is 4.49. The van der Waals surface area contributed by atoms with Gasteiger partial charge in [-0.1, -0.05) is 0 Å². The van der Waals surface area contributed by atoms with E-state index in [2.05, 4.69) is 17.0 Å². The van der Waals surface area contributed by atoms with E-state index in [1.807, 2.05) is 0 Å². The number of aryl methyl sites for hydroxylation is 1. The smallest absolute Gasteiger partial charge is 0.0810 e. The number of hydrogen-bond acceptors (Lipinski definition) is 2. The minimum absolute atomic E-state index is 0.828. The lowest BCUT2D eigenvalue weighted by Crippen LogP contribution is -2.44. The second-order valence-electron chi connectivity index (χ2n) is 7.49. The third kappa shape index (κ3) is 1.40. The van der Waals surface area contributed by atoms with Gasteiger partial charge in [0.1, 0.15) is 0 Å². The molecule has 19 heavy (non-hydrogen) atoms. The average molecular weight is 257 g/mol. The Morgan fingerprint density at radius 3 is 2.37 bits per heavy atom. The fraction of sp³-hybridized carbons (Fsp3) is 0.812. The number of nitrogens with zero attached hydrogens (tertiary/aromatic N) is 2. The van der Waals surface area contributed by atoms with Crippen molar-refractivity contribution < 1.29 is 0 Å². The van der Waals surface area contributed by atoms with E-state index in [9.17, 15) is 0 Å². The number of rotatable bonds is 1. The molecule has 0 saturated heterocycles. The zero-order chi connectivity index (χ0) is 12.6. The normalized spacial score (nSPS) is 42.9. The Hall–Kier alpha value is -0.830. The highest BCUT2D eigenvalue weighted by Gasteiger charge is 2.50. The molecule has 3 nitrogen and oxygen atoms in total. The van der Waals surface area contributed by atoms with Gasteiger partial charge in [0.05, 0.1) is 5.69 Å². The third-order valence-corrected chi connectivity index (χ3v) is 6.41. The van der Waals surface area contributed by atoms with Gasteiger partial charge in [0.25, 0.3) is 0 Å². The van der Waals surface area contributed by atoms with Crippen LogP contribution in [0.3, 0.4) is 0 Å². The quantitative estimate of drug-likeness (QED) is 0.838. The molecule has 0 radical (unpaired) electrons. The van der Waals surface area contributed by atoms with Crippen LogP contribution in [-0.4, -0.2) is 9.78 Å². The fourth-order valence-electron chi connectivity index (χ4n) is 6.07. The second-order valence-corrected chi connectivity index (χ2v) is 7.49. The summed E-state index contributed by atoms with van der Waals surface area (Å²) in [5, 5.41) is 8.26. The van der Waals surface area contributed by atoms with E-state index in [4.69, 9.17) is 5.10 Å². The van der Waals surface area contributed by atoms with Gasteiger partial charge >= 0.3 is 0 Å². The third-order valence-electron chi connectivity index (χ3n) is 6.41. The molecule has 5 aliphatic rings. The Morgan fingerprint density at radius 2 is 1.68 bits per heavy atom. The molecule has 1 aromatic rings. The van der Waals surface area contributed by atoms with Crippen molar-refractivity contribution in [2.75, 3.05) is 0 Å². The molecule has 6 rings (SSSR count). The first-order valence-corrected chi connectivity index (χ1v) is 8.05. The van der Waals surface area contributed by atoms with Crippen molar-refractivity contribution in [3.8, 4) is 0 Å². The summed E-state index contributed by atoms with van der Waals surface area (Å²) < 4.78 is 2.23. The van der Waals surface area contributed by atoms with E-state index < -0.39 is 0 Å². The maximum atomic E-state index is 4.78. The molecule has 1 aliphatic heterocycles. The largest absolute Gasteiger partial charge is 0.307 e. The SMILES string of the molecule is Cn1nc2c(c1C1C3CC4CC(C3)CC1C4)CNC2. The van der Waals surface area contributed by atoms with Crippen LogP contribution in [-0.2, 0) is 20.1 Å². The summed E-state index contributed by atoms with van der Waals surface area (Å²) in [6.45, 7) is 2.04. The molecule has 0 spiro atoms. The maximum absolute atomic E-state index is 4.78. The van der Waals surface area contributed by atoms with E-state index in [-0.39, 0.29) is 0 Å². The molecule has 4 bridgehead atoms. The summed E-state index contributed by atoms with van der Waals surface area (Å²) in [6, 6.07) is 0. The van der Waals surface area contributed by atoms with E-state index in [1.54, 1.807) is 17.7 Å². The highest BCUT2D eigenvalue weighted by atomic mass is 15.3. The predicted octanol–water partition coefficient (Wildman–Crippen LogP) is 2.56. The monoisotopic (exact) mass is 257 g/mol. The summed E-state index contributed by atoms with van der Waals surface area (Å²) in [6.07, 6.45) is 7.57. The Bertz CT molecular complexity index is 502. The van der Waals surface area contributed by atoms with Crippen LogP contribution in [0, 0.1) is 23.7 Å². The van der Waals surface area contributed by atoms with Gasteiger partial charge < -0.3 is 5.32 Å². The molecule has 4 saturated carbocycles. The van der Waals surface area contributed by atoms with Crippen molar-refractivity contribution in [1.29, 1.82) is 0 Å². The van der Waals surface area contributed by atoms with Crippen molar-refractivity contribution in [3.63, 3.8) is 0 Å². The molecule has 4 aliphatic carbocycles. The molecule has 0 aromatic carbocycles. The predicted molar refractivity (Wildman–Crippen MR) is 73.5 cm³/mol. The topological polar surface area (TPSA) is 29.9 Å². The first-order valence-electron chi connectivity index (χ1n) is 8.05. The van der Waals surface area contributed by atoms with Crippen LogP contribution in [0.5, 0.6) is 0 Å². The first kappa shape index (κ1) is 10.9. The van der Waals surface area contributed by atoms with Gasteiger partial charge in [0, 0.05) is 37.3 Å². The molecular weight excluding hydrogens is 234 g/mol. The molecule has 102 valence electrons. The zero-order valence-corrected chi connectivity index (χ0v) is 11.7. The van der Waals surface area contributed by atoms with Gasteiger partial charge in [-0.3, -0.25) is 4.68 Å². The minimum Gasteiger partial charge on any atom is -0.307 e. The summed E-state index contributed by atoms with van der Waals surface area (Å²) >= 11 is 0. The highest BCUT2D eigenvalue weighted by Crippen LogP contribution is 2.60. The van der Waals surface area contributed by atoms with Crippen molar-refractivity contribution in [2.45, 2.75) is 51.1 Å². The summed E-state index contributed by atoms with van der Waals surface area (Å²) in [5.74, 6) is 4.90. The lowest BCUT2D eigenvalue weighted by Gasteiger charge is -2.54. The van der Waals surface area contributed by atoms with Gasteiger partial charge in [0.15, 0.2) is 0 Å². The molecule has 0 unspecified atom stereocenters. The van der Waals surface area contributed by atoms with E-state index in [0.29, 0.717) is 0 Å². The van der Waals surface area contributed by atoms with Crippen LogP contribution in [0.1, 0.15) is 55.0 Å². The molecule has 1 aromatic heterocycles. The highest BCUT2D eigenvalue weighted by molar-refractivity contribution is 5.34. The molecule has 2 heterocycles. The van der Waals surface area contributed by atoms with Gasteiger partial charge in [-0.25, -0.2) is 0 Å². The minimum atomic E-state index is 0.828. The maximum Gasteiger partial charge on any atom is 0.0810 e. The van der Waals surface area contributed by atoms with Gasteiger partial charge in [-0.15, -0.1) is 0 Å². The molecule has 1 N–H and O–H groups in total. The summed E-state index contributed by atoms with van der Waals surface area (Å²) in [4.78, 5) is 0. The Labute approximate surface area is 114 Å². The lowest BCUT2D eigenvalue weighted by atomic mass is 9.51. The average Bonchev–Trinajstić information content (AvgIpc) is 2.90. The zero-order valence-electron chi connectivity index (χ0n) is 11.7. The van der Waals surface area contributed by atoms with Crippen LogP contribution in [0.4, 0.5) is 0 Å². The van der Waals surface area contributed by atoms with E-state index in [1.165, 1.54) is 31.4 Å². The first-order chi connectivity index (χ1) is 9.29. The van der Waals surface area contributed by atoms with Gasteiger partial charge in [-0.2, -0.15) is 5.10 Å². The molecule has 0 atom stereocenters. The van der Waals surface area contributed by atoms with Gasteiger partial charge in [0.2, 0.25) is 0 Å². The van der Waals surface area contributed by atoms with Crippen LogP contribution < -0.4 is 5.32 Å². The molecule has 4 fully saturated rings. The number of aromatic nitrogens is 2. The molecule has 3 heteroatoms. The van der Waals surface area contributed by atoms with E-state index >= 15 is 0 Å². The van der Waals surface area contributed by atoms with Crippen LogP contribution in [0.2, 0.25) is 0 Å².